The topological polar surface area (TPSA) is 30.0 Å². The van der Waals surface area contributed by atoms with Crippen molar-refractivity contribution in [3.63, 3.8) is 0 Å². The summed E-state index contributed by atoms with van der Waals surface area (Å²) in [5, 5.41) is 2.26. The van der Waals surface area contributed by atoms with Gasteiger partial charge in [0.2, 0.25) is 0 Å². The summed E-state index contributed by atoms with van der Waals surface area (Å²) in [4.78, 5) is 18.8. The highest BCUT2D eigenvalue weighted by molar-refractivity contribution is 6.30. The van der Waals surface area contributed by atoms with Crippen LogP contribution in [0.25, 0.3) is 35.2 Å². The molecule has 0 aliphatic rings. The number of carbonyl (C=O) groups is 1. The molecule has 0 unspecified atom stereocenters. The molecule has 4 heteroatoms. The van der Waals surface area contributed by atoms with Gasteiger partial charge in [-0.25, -0.2) is 4.98 Å². The van der Waals surface area contributed by atoms with Gasteiger partial charge in [0.05, 0.1) is 16.8 Å². The van der Waals surface area contributed by atoms with Crippen molar-refractivity contribution in [2.75, 3.05) is 0 Å². The number of aromatic nitrogens is 1. The van der Waals surface area contributed by atoms with Crippen LogP contribution in [0.3, 0.4) is 0 Å². The summed E-state index contributed by atoms with van der Waals surface area (Å²) in [6.07, 6.45) is 7.82. The van der Waals surface area contributed by atoms with Crippen molar-refractivity contribution in [3.8, 4) is 0 Å². The summed E-state index contributed by atoms with van der Waals surface area (Å²) in [5.74, 6) is -0.0830. The van der Waals surface area contributed by atoms with Gasteiger partial charge in [-0.05, 0) is 53.1 Å². The molecule has 1 heterocycles. The second kappa shape index (κ2) is 10.7. The van der Waals surface area contributed by atoms with Crippen molar-refractivity contribution in [1.29, 1.82) is 0 Å². The molecule has 0 spiro atoms. The number of fused-ring (bicyclic) bond motifs is 1. The van der Waals surface area contributed by atoms with E-state index in [0.29, 0.717) is 26.9 Å². The van der Waals surface area contributed by atoms with Crippen LogP contribution < -0.4 is 0 Å². The summed E-state index contributed by atoms with van der Waals surface area (Å²) in [6.45, 7) is 0. The Bertz CT molecular complexity index is 1590. The molecule has 2 nitrogen and oxygen atoms in total. The predicted molar refractivity (Wildman–Crippen MR) is 152 cm³/mol. The quantitative estimate of drug-likeness (QED) is 0.215. The van der Waals surface area contributed by atoms with Gasteiger partial charge in [-0.15, -0.1) is 0 Å². The highest BCUT2D eigenvalue weighted by atomic mass is 35.5. The van der Waals surface area contributed by atoms with Gasteiger partial charge in [-0.2, -0.15) is 0 Å². The van der Waals surface area contributed by atoms with Crippen LogP contribution in [0, 0.1) is 0 Å². The van der Waals surface area contributed by atoms with Crippen molar-refractivity contribution in [1.82, 2.24) is 4.98 Å². The minimum Gasteiger partial charge on any atom is -0.289 e. The Morgan fingerprint density at radius 3 is 1.81 bits per heavy atom. The summed E-state index contributed by atoms with van der Waals surface area (Å²) in [7, 11) is 0. The van der Waals surface area contributed by atoms with E-state index in [1.54, 1.807) is 0 Å². The molecule has 0 bridgehead atoms. The second-order valence-electron chi connectivity index (χ2n) is 8.27. The summed E-state index contributed by atoms with van der Waals surface area (Å²) in [6, 6.07) is 32.3. The van der Waals surface area contributed by atoms with Crippen molar-refractivity contribution in [2.24, 2.45) is 0 Å². The lowest BCUT2D eigenvalue weighted by atomic mass is 9.92. The van der Waals surface area contributed by atoms with Crippen molar-refractivity contribution >= 4 is 64.2 Å². The Kier molecular flexibility index (Phi) is 7.08. The molecule has 0 atom stereocenters. The molecule has 0 aliphatic carbocycles. The molecule has 0 amide bonds. The van der Waals surface area contributed by atoms with E-state index < -0.39 is 0 Å². The van der Waals surface area contributed by atoms with Gasteiger partial charge in [0.15, 0.2) is 5.78 Å². The number of pyridine rings is 1. The zero-order valence-corrected chi connectivity index (χ0v) is 20.7. The monoisotopic (exact) mass is 505 g/mol. The molecule has 1 aromatic heterocycles. The predicted octanol–water partition coefficient (Wildman–Crippen LogP) is 9.11. The lowest BCUT2D eigenvalue weighted by Gasteiger charge is -2.13. The van der Waals surface area contributed by atoms with E-state index in [2.05, 4.69) is 0 Å². The maximum atomic E-state index is 13.9. The van der Waals surface area contributed by atoms with Gasteiger partial charge in [0.1, 0.15) is 0 Å². The van der Waals surface area contributed by atoms with E-state index in [0.717, 1.165) is 27.6 Å². The summed E-state index contributed by atoms with van der Waals surface area (Å²) >= 11 is 12.1. The summed E-state index contributed by atoms with van der Waals surface area (Å²) < 4.78 is 0. The van der Waals surface area contributed by atoms with Crippen molar-refractivity contribution in [2.45, 2.75) is 0 Å². The Labute approximate surface area is 220 Å². The number of para-hydroxylation sites is 1. The van der Waals surface area contributed by atoms with Crippen LogP contribution in [0.15, 0.2) is 103 Å². The normalized spacial score (nSPS) is 11.5. The minimum atomic E-state index is -0.0830. The molecule has 4 aromatic carbocycles. The van der Waals surface area contributed by atoms with E-state index in [4.69, 9.17) is 28.2 Å². The highest BCUT2D eigenvalue weighted by Gasteiger charge is 2.20. The number of carbonyl (C=O) groups excluding carboxylic acids is 1. The molecule has 0 saturated carbocycles. The fraction of sp³-hybridized carbons (Fsp3) is 0. The van der Waals surface area contributed by atoms with Gasteiger partial charge in [0, 0.05) is 21.0 Å². The van der Waals surface area contributed by atoms with Gasteiger partial charge in [-0.1, -0.05) is 114 Å². The van der Waals surface area contributed by atoms with Gasteiger partial charge in [0.25, 0.3) is 0 Å². The molecule has 0 N–H and O–H groups in total. The average Bonchev–Trinajstić information content (AvgIpc) is 2.92. The Morgan fingerprint density at radius 1 is 0.611 bits per heavy atom. The third-order valence-electron chi connectivity index (χ3n) is 5.84. The maximum absolute atomic E-state index is 13.9. The number of benzene rings is 4. The first kappa shape index (κ1) is 23.7. The van der Waals surface area contributed by atoms with Gasteiger partial charge in [-0.3, -0.25) is 4.79 Å². The van der Waals surface area contributed by atoms with Crippen molar-refractivity contribution < 1.29 is 4.79 Å². The first-order valence-corrected chi connectivity index (χ1v) is 12.2. The first-order valence-electron chi connectivity index (χ1n) is 11.5. The largest absolute Gasteiger partial charge is 0.289 e. The number of rotatable bonds is 6. The fourth-order valence-corrected chi connectivity index (χ4v) is 4.28. The number of nitrogens with zero attached hydrogens (tertiary/aromatic N) is 1. The Morgan fingerprint density at radius 2 is 1.17 bits per heavy atom. The van der Waals surface area contributed by atoms with Crippen LogP contribution in [0.2, 0.25) is 10.0 Å². The van der Waals surface area contributed by atoms with Crippen LogP contribution in [0.4, 0.5) is 0 Å². The molecule has 0 radical (unpaired) electrons. The van der Waals surface area contributed by atoms with E-state index in [1.807, 2.05) is 127 Å². The SMILES string of the molecule is O=C(c1ccccc1)c1c(/C=C/c2ccc(Cl)cc2)nc2ccccc2c1/C=C/c1ccc(Cl)cc1. The number of ketones is 1. The van der Waals surface area contributed by atoms with Gasteiger partial charge < -0.3 is 0 Å². The molecule has 0 aliphatic heterocycles. The zero-order valence-electron chi connectivity index (χ0n) is 19.2. The Balaban J connectivity index is 1.72. The van der Waals surface area contributed by atoms with Gasteiger partial charge >= 0.3 is 0 Å². The van der Waals surface area contributed by atoms with Crippen LogP contribution in [0.1, 0.15) is 38.3 Å². The van der Waals surface area contributed by atoms with E-state index in [9.17, 15) is 4.79 Å². The molecular formula is C32H21Cl2NO. The maximum Gasteiger partial charge on any atom is 0.195 e. The minimum absolute atomic E-state index is 0.0830. The van der Waals surface area contributed by atoms with Crippen LogP contribution in [-0.4, -0.2) is 10.8 Å². The smallest absolute Gasteiger partial charge is 0.195 e. The molecule has 5 aromatic rings. The van der Waals surface area contributed by atoms with Crippen LogP contribution >= 0.6 is 23.2 Å². The lowest BCUT2D eigenvalue weighted by Crippen LogP contribution is -2.08. The molecule has 174 valence electrons. The average molecular weight is 506 g/mol. The highest BCUT2D eigenvalue weighted by Crippen LogP contribution is 2.29. The molecule has 5 rings (SSSR count). The third-order valence-corrected chi connectivity index (χ3v) is 6.34. The van der Waals surface area contributed by atoms with E-state index >= 15 is 0 Å². The molecular weight excluding hydrogens is 485 g/mol. The van der Waals surface area contributed by atoms with E-state index in [-0.39, 0.29) is 5.78 Å². The fourth-order valence-electron chi connectivity index (χ4n) is 4.03. The summed E-state index contributed by atoms with van der Waals surface area (Å²) in [5.41, 5.74) is 5.34. The number of hydrogen-bond donors (Lipinski definition) is 0. The number of halogens is 2. The standard InChI is InChI=1S/C32H21Cl2NO/c33-25-16-10-22(11-17-25)14-20-28-27-8-4-5-9-29(27)35-30(21-15-23-12-18-26(34)19-13-23)31(28)32(36)24-6-2-1-3-7-24/h1-21H/b20-14+,21-15+. The molecule has 0 fully saturated rings. The van der Waals surface area contributed by atoms with Crippen molar-refractivity contribution in [3.05, 3.63) is 147 Å². The molecule has 36 heavy (non-hydrogen) atoms. The lowest BCUT2D eigenvalue weighted by molar-refractivity contribution is 0.103. The van der Waals surface area contributed by atoms with Crippen LogP contribution in [0.5, 0.6) is 0 Å². The second-order valence-corrected chi connectivity index (χ2v) is 9.14. The number of hydrogen-bond acceptors (Lipinski definition) is 2. The molecule has 0 saturated heterocycles. The third kappa shape index (κ3) is 5.31. The van der Waals surface area contributed by atoms with E-state index in [1.165, 1.54) is 0 Å². The van der Waals surface area contributed by atoms with Crippen LogP contribution in [-0.2, 0) is 0 Å². The first-order chi connectivity index (χ1) is 17.6. The zero-order chi connectivity index (χ0) is 24.9. The Hall–Kier alpha value is -3.98.